The summed E-state index contributed by atoms with van der Waals surface area (Å²) in [4.78, 5) is 14.4. The fourth-order valence-corrected chi connectivity index (χ4v) is 4.80. The zero-order chi connectivity index (χ0) is 19.7. The molecule has 1 saturated carbocycles. The Morgan fingerprint density at radius 3 is 2.56 bits per heavy atom. The summed E-state index contributed by atoms with van der Waals surface area (Å²) in [6, 6.07) is 8.37. The maximum atomic E-state index is 12.9. The van der Waals surface area contributed by atoms with Gasteiger partial charge in [0, 0.05) is 27.3 Å². The zero-order valence-electron chi connectivity index (χ0n) is 15.0. The highest BCUT2D eigenvalue weighted by molar-refractivity contribution is 7.12. The Labute approximate surface area is 160 Å². The van der Waals surface area contributed by atoms with E-state index in [1.54, 1.807) is 18.3 Å². The van der Waals surface area contributed by atoms with Crippen molar-refractivity contribution in [2.75, 3.05) is 6.54 Å². The van der Waals surface area contributed by atoms with Gasteiger partial charge in [-0.2, -0.15) is 13.2 Å². The van der Waals surface area contributed by atoms with E-state index in [2.05, 4.69) is 5.32 Å². The average Bonchev–Trinajstić information content (AvgIpc) is 3.29. The Bertz CT molecular complexity index is 808. The number of amides is 1. The van der Waals surface area contributed by atoms with Gasteiger partial charge >= 0.3 is 6.18 Å². The number of nitrogens with one attached hydrogen (secondary N) is 1. The molecule has 146 valence electrons. The van der Waals surface area contributed by atoms with Crippen LogP contribution in [0.3, 0.4) is 0 Å². The second-order valence-electron chi connectivity index (χ2n) is 7.13. The summed E-state index contributed by atoms with van der Waals surface area (Å²) in [5, 5.41) is 12.6. The minimum atomic E-state index is -4.47. The number of rotatable bonds is 5. The minimum absolute atomic E-state index is 0.00817. The number of aliphatic hydroxyl groups is 1. The molecule has 1 heterocycles. The first-order valence-electron chi connectivity index (χ1n) is 8.95. The average molecular weight is 397 g/mol. The van der Waals surface area contributed by atoms with E-state index in [4.69, 9.17) is 0 Å². The molecule has 27 heavy (non-hydrogen) atoms. The normalized spacial score (nSPS) is 17.7. The molecule has 1 fully saturated rings. The predicted molar refractivity (Wildman–Crippen MR) is 98.9 cm³/mol. The molecule has 1 aromatic heterocycles. The monoisotopic (exact) mass is 397 g/mol. The van der Waals surface area contributed by atoms with Crippen molar-refractivity contribution in [2.45, 2.75) is 50.3 Å². The maximum Gasteiger partial charge on any atom is 0.416 e. The first kappa shape index (κ1) is 19.9. The van der Waals surface area contributed by atoms with Crippen LogP contribution in [0.25, 0.3) is 0 Å². The molecule has 1 aliphatic carbocycles. The van der Waals surface area contributed by atoms with Crippen molar-refractivity contribution >= 4 is 17.2 Å². The van der Waals surface area contributed by atoms with Crippen molar-refractivity contribution in [2.24, 2.45) is 0 Å². The van der Waals surface area contributed by atoms with E-state index in [1.807, 2.05) is 12.1 Å². The lowest BCUT2D eigenvalue weighted by Gasteiger charge is -2.28. The van der Waals surface area contributed by atoms with Crippen molar-refractivity contribution in [1.82, 2.24) is 5.32 Å². The van der Waals surface area contributed by atoms with Gasteiger partial charge in [0.05, 0.1) is 11.7 Å². The first-order chi connectivity index (χ1) is 12.7. The van der Waals surface area contributed by atoms with Crippen molar-refractivity contribution in [3.63, 3.8) is 0 Å². The zero-order valence-corrected chi connectivity index (χ0v) is 15.8. The molecule has 2 aromatic rings. The van der Waals surface area contributed by atoms with Crippen LogP contribution in [0.5, 0.6) is 0 Å². The molecule has 7 heteroatoms. The Morgan fingerprint density at radius 1 is 1.26 bits per heavy atom. The number of hydrogen-bond acceptors (Lipinski definition) is 3. The fourth-order valence-electron chi connectivity index (χ4n) is 3.61. The lowest BCUT2D eigenvalue weighted by atomic mass is 9.84. The van der Waals surface area contributed by atoms with E-state index in [0.29, 0.717) is 6.54 Å². The standard InChI is InChI=1S/C20H22F3NO2S/c1-13(25)16-7-8-17(27-16)19(9-2-3-10-19)12-24-18(26)14-5-4-6-15(11-14)20(21,22)23/h4-8,11,13,25H,2-3,9-10,12H2,1H3,(H,24,26). The third kappa shape index (κ3) is 4.35. The summed E-state index contributed by atoms with van der Waals surface area (Å²) >= 11 is 1.54. The van der Waals surface area contributed by atoms with Gasteiger partial charge < -0.3 is 10.4 Å². The van der Waals surface area contributed by atoms with Crippen molar-refractivity contribution in [3.05, 3.63) is 57.3 Å². The van der Waals surface area contributed by atoms with E-state index >= 15 is 0 Å². The molecule has 2 N–H and O–H groups in total. The Balaban J connectivity index is 1.75. The SMILES string of the molecule is CC(O)c1ccc(C2(CNC(=O)c3cccc(C(F)(F)F)c3)CCCC2)s1. The first-order valence-corrected chi connectivity index (χ1v) is 9.77. The number of carbonyl (C=O) groups is 1. The van der Waals surface area contributed by atoms with Crippen LogP contribution >= 0.6 is 11.3 Å². The molecule has 1 unspecified atom stereocenters. The third-order valence-electron chi connectivity index (χ3n) is 5.16. The van der Waals surface area contributed by atoms with Crippen LogP contribution < -0.4 is 5.32 Å². The summed E-state index contributed by atoms with van der Waals surface area (Å²) in [6.45, 7) is 2.09. The van der Waals surface area contributed by atoms with Crippen molar-refractivity contribution in [1.29, 1.82) is 0 Å². The molecule has 0 saturated heterocycles. The number of alkyl halides is 3. The van der Waals surface area contributed by atoms with Crippen LogP contribution in [0.15, 0.2) is 36.4 Å². The second-order valence-corrected chi connectivity index (χ2v) is 8.24. The molecule has 0 bridgehead atoms. The smallest absolute Gasteiger partial charge is 0.388 e. The minimum Gasteiger partial charge on any atom is -0.388 e. The van der Waals surface area contributed by atoms with Gasteiger partial charge in [-0.1, -0.05) is 18.9 Å². The highest BCUT2D eigenvalue weighted by Crippen LogP contribution is 2.44. The largest absolute Gasteiger partial charge is 0.416 e. The lowest BCUT2D eigenvalue weighted by molar-refractivity contribution is -0.137. The number of aliphatic hydroxyl groups excluding tert-OH is 1. The van der Waals surface area contributed by atoms with Crippen LogP contribution in [-0.2, 0) is 11.6 Å². The number of hydrogen-bond donors (Lipinski definition) is 2. The summed E-state index contributed by atoms with van der Waals surface area (Å²) < 4.78 is 38.6. The lowest BCUT2D eigenvalue weighted by Crippen LogP contribution is -2.38. The van der Waals surface area contributed by atoms with Gasteiger partial charge in [-0.25, -0.2) is 0 Å². The summed E-state index contributed by atoms with van der Waals surface area (Å²) in [5.41, 5.74) is -1.03. The predicted octanol–water partition coefficient (Wildman–Crippen LogP) is 5.06. The summed E-state index contributed by atoms with van der Waals surface area (Å²) in [5.74, 6) is -0.500. The van der Waals surface area contributed by atoms with Gasteiger partial charge in [0.2, 0.25) is 0 Å². The van der Waals surface area contributed by atoms with Crippen molar-refractivity contribution < 1.29 is 23.1 Å². The molecular weight excluding hydrogens is 375 g/mol. The third-order valence-corrected chi connectivity index (χ3v) is 6.66. The second kappa shape index (κ2) is 7.64. The highest BCUT2D eigenvalue weighted by Gasteiger charge is 2.37. The summed E-state index contributed by atoms with van der Waals surface area (Å²) in [7, 11) is 0. The van der Waals surface area contributed by atoms with Crippen molar-refractivity contribution in [3.8, 4) is 0 Å². The summed E-state index contributed by atoms with van der Waals surface area (Å²) in [6.07, 6.45) is -1.10. The van der Waals surface area contributed by atoms with Gasteiger partial charge in [0.1, 0.15) is 0 Å². The van der Waals surface area contributed by atoms with E-state index in [-0.39, 0.29) is 11.0 Å². The van der Waals surface area contributed by atoms with E-state index < -0.39 is 23.8 Å². The van der Waals surface area contributed by atoms with E-state index in [0.717, 1.165) is 47.6 Å². The topological polar surface area (TPSA) is 49.3 Å². The molecule has 3 nitrogen and oxygen atoms in total. The molecule has 1 aliphatic rings. The Morgan fingerprint density at radius 2 is 1.96 bits per heavy atom. The van der Waals surface area contributed by atoms with Gasteiger partial charge in [-0.3, -0.25) is 4.79 Å². The maximum absolute atomic E-state index is 12.9. The molecule has 3 rings (SSSR count). The van der Waals surface area contributed by atoms with Gasteiger partial charge in [-0.05, 0) is 50.1 Å². The number of carbonyl (C=O) groups excluding carboxylic acids is 1. The van der Waals surface area contributed by atoms with E-state index in [1.165, 1.54) is 12.1 Å². The number of thiophene rings is 1. The van der Waals surface area contributed by atoms with Crippen LogP contribution in [0.4, 0.5) is 13.2 Å². The molecule has 0 aliphatic heterocycles. The van der Waals surface area contributed by atoms with Gasteiger partial charge in [-0.15, -0.1) is 11.3 Å². The fraction of sp³-hybridized carbons (Fsp3) is 0.450. The highest BCUT2D eigenvalue weighted by atomic mass is 32.1. The van der Waals surface area contributed by atoms with Crippen LogP contribution in [-0.4, -0.2) is 17.6 Å². The Hall–Kier alpha value is -1.86. The molecule has 0 spiro atoms. The van der Waals surface area contributed by atoms with Crippen LogP contribution in [0, 0.1) is 0 Å². The number of benzene rings is 1. The Kier molecular flexibility index (Phi) is 5.63. The quantitative estimate of drug-likeness (QED) is 0.741. The molecule has 1 atom stereocenters. The van der Waals surface area contributed by atoms with Crippen LogP contribution in [0.2, 0.25) is 0 Å². The van der Waals surface area contributed by atoms with E-state index in [9.17, 15) is 23.1 Å². The van der Waals surface area contributed by atoms with Crippen LogP contribution in [0.1, 0.15) is 64.4 Å². The molecule has 1 amide bonds. The number of halogens is 3. The van der Waals surface area contributed by atoms with Gasteiger partial charge in [0.15, 0.2) is 0 Å². The molecule has 0 radical (unpaired) electrons. The molecule has 1 aromatic carbocycles. The van der Waals surface area contributed by atoms with Gasteiger partial charge in [0.25, 0.3) is 5.91 Å². The molecular formula is C20H22F3NO2S.